The van der Waals surface area contributed by atoms with E-state index in [-0.39, 0.29) is 6.17 Å². The highest BCUT2D eigenvalue weighted by atomic mass is 35.5. The summed E-state index contributed by atoms with van der Waals surface area (Å²) >= 11 is 12.6. The molecule has 1 aliphatic heterocycles. The average molecular weight is 483 g/mol. The Kier molecular flexibility index (Phi) is 5.95. The molecule has 0 bridgehead atoms. The summed E-state index contributed by atoms with van der Waals surface area (Å²) in [5.41, 5.74) is 4.03. The van der Waals surface area contributed by atoms with Gasteiger partial charge in [-0.15, -0.1) is 0 Å². The van der Waals surface area contributed by atoms with Crippen molar-refractivity contribution in [1.29, 1.82) is 0 Å². The minimum Gasteiger partial charge on any atom is -0.353 e. The Bertz CT molecular complexity index is 1300. The van der Waals surface area contributed by atoms with Crippen LogP contribution in [0.25, 0.3) is 22.5 Å². The molecule has 1 unspecified atom stereocenters. The molecule has 1 aliphatic rings. The zero-order valence-corrected chi connectivity index (χ0v) is 19.1. The van der Waals surface area contributed by atoms with E-state index in [1.807, 2.05) is 13.0 Å². The van der Waals surface area contributed by atoms with Crippen LogP contribution >= 0.6 is 23.2 Å². The Morgan fingerprint density at radius 1 is 1.12 bits per heavy atom. The van der Waals surface area contributed by atoms with Gasteiger partial charge < -0.3 is 15.6 Å². The van der Waals surface area contributed by atoms with E-state index in [4.69, 9.17) is 28.2 Å². The normalized spacial score (nSPS) is 15.0. The van der Waals surface area contributed by atoms with E-state index in [1.54, 1.807) is 35.5 Å². The van der Waals surface area contributed by atoms with Crippen LogP contribution in [-0.2, 0) is 0 Å². The van der Waals surface area contributed by atoms with E-state index in [0.717, 1.165) is 22.5 Å². The first-order valence-corrected chi connectivity index (χ1v) is 11.0. The molecule has 4 N–H and O–H groups in total. The molecule has 33 heavy (non-hydrogen) atoms. The van der Waals surface area contributed by atoms with Crippen molar-refractivity contribution >= 4 is 35.1 Å². The molecule has 5 rings (SSSR count). The fraction of sp³-hybridized carbons (Fsp3) is 0.190. The third-order valence-corrected chi connectivity index (χ3v) is 5.63. The van der Waals surface area contributed by atoms with E-state index in [2.05, 4.69) is 47.1 Å². The second kappa shape index (κ2) is 9.18. The maximum atomic E-state index is 6.48. The quantitative estimate of drug-likeness (QED) is 0.292. The summed E-state index contributed by atoms with van der Waals surface area (Å²) < 4.78 is 1.79. The van der Waals surface area contributed by atoms with E-state index < -0.39 is 0 Å². The summed E-state index contributed by atoms with van der Waals surface area (Å²) in [6.07, 6.45) is 8.57. The standard InChI is InChI=1S/C21H20Cl2N10/c1-12-6-18(33-21(31-12)29-11-30-33)25-4-5-26-20-27-8-15(17-9-24-10-28-17)19(32-20)14-3-2-13(22)7-16(14)23/h2-3,6-11,18,25H,4-5H2,1H3,(H,24,28)(H,26,27,32)(H,29,30,31). The fourth-order valence-corrected chi connectivity index (χ4v) is 4.06. The van der Waals surface area contributed by atoms with Gasteiger partial charge in [0, 0.05) is 41.1 Å². The zero-order valence-electron chi connectivity index (χ0n) is 17.5. The molecule has 12 heteroatoms. The Morgan fingerprint density at radius 2 is 2.03 bits per heavy atom. The molecular weight excluding hydrogens is 463 g/mol. The molecule has 4 aromatic rings. The van der Waals surface area contributed by atoms with Crippen LogP contribution in [0.3, 0.4) is 0 Å². The number of nitrogens with zero attached hydrogens (tertiary/aromatic N) is 6. The van der Waals surface area contributed by atoms with Crippen molar-refractivity contribution in [3.63, 3.8) is 0 Å². The number of aromatic nitrogens is 7. The highest BCUT2D eigenvalue weighted by molar-refractivity contribution is 6.36. The molecule has 0 saturated carbocycles. The number of H-pyrrole nitrogens is 1. The molecule has 0 fully saturated rings. The molecule has 0 spiro atoms. The van der Waals surface area contributed by atoms with Crippen molar-refractivity contribution in [2.75, 3.05) is 23.7 Å². The maximum Gasteiger partial charge on any atom is 0.227 e. The van der Waals surface area contributed by atoms with Crippen LogP contribution in [0.1, 0.15) is 13.1 Å². The van der Waals surface area contributed by atoms with Crippen molar-refractivity contribution < 1.29 is 0 Å². The summed E-state index contributed by atoms with van der Waals surface area (Å²) in [4.78, 5) is 20.6. The Balaban J connectivity index is 1.33. The maximum absolute atomic E-state index is 6.48. The molecule has 10 nitrogen and oxygen atoms in total. The monoisotopic (exact) mass is 482 g/mol. The first-order valence-electron chi connectivity index (χ1n) is 10.2. The lowest BCUT2D eigenvalue weighted by atomic mass is 10.1. The number of hydrogen-bond donors (Lipinski definition) is 4. The van der Waals surface area contributed by atoms with Gasteiger partial charge in [-0.1, -0.05) is 23.2 Å². The van der Waals surface area contributed by atoms with E-state index in [0.29, 0.717) is 40.7 Å². The van der Waals surface area contributed by atoms with Gasteiger partial charge in [0.1, 0.15) is 12.5 Å². The third-order valence-electron chi connectivity index (χ3n) is 5.08. The van der Waals surface area contributed by atoms with E-state index >= 15 is 0 Å². The number of benzene rings is 1. The molecule has 4 heterocycles. The van der Waals surface area contributed by atoms with Crippen LogP contribution in [-0.4, -0.2) is 47.8 Å². The molecular formula is C21H20Cl2N10. The fourth-order valence-electron chi connectivity index (χ4n) is 3.56. The second-order valence-electron chi connectivity index (χ2n) is 7.37. The van der Waals surface area contributed by atoms with Crippen LogP contribution in [0.15, 0.2) is 55.0 Å². The van der Waals surface area contributed by atoms with Crippen molar-refractivity contribution in [2.24, 2.45) is 0 Å². The smallest absolute Gasteiger partial charge is 0.227 e. The lowest BCUT2D eigenvalue weighted by molar-refractivity contribution is 0.445. The SMILES string of the molecule is CC1=CC(NCCNc2ncc(-c3cnc[nH]3)c(-c3ccc(Cl)cc3Cl)n2)n2ncnc2N1. The van der Waals surface area contributed by atoms with E-state index in [9.17, 15) is 0 Å². The number of anilines is 2. The Hall–Kier alpha value is -3.47. The number of allylic oxidation sites excluding steroid dienone is 1. The molecule has 0 amide bonds. The summed E-state index contributed by atoms with van der Waals surface area (Å²) in [6.45, 7) is 3.23. The van der Waals surface area contributed by atoms with Gasteiger partial charge in [-0.3, -0.25) is 5.32 Å². The van der Waals surface area contributed by atoms with Gasteiger partial charge in [-0.25, -0.2) is 19.6 Å². The van der Waals surface area contributed by atoms with E-state index in [1.165, 1.54) is 6.33 Å². The first kappa shape index (κ1) is 21.4. The zero-order chi connectivity index (χ0) is 22.8. The second-order valence-corrected chi connectivity index (χ2v) is 8.22. The van der Waals surface area contributed by atoms with Crippen LogP contribution < -0.4 is 16.0 Å². The predicted molar refractivity (Wildman–Crippen MR) is 128 cm³/mol. The molecule has 0 radical (unpaired) electrons. The average Bonchev–Trinajstić information content (AvgIpc) is 3.49. The Labute approximate surface area is 199 Å². The number of aromatic amines is 1. The van der Waals surface area contributed by atoms with Crippen molar-refractivity contribution in [2.45, 2.75) is 13.1 Å². The molecule has 168 valence electrons. The lowest BCUT2D eigenvalue weighted by Gasteiger charge is -2.23. The van der Waals surface area contributed by atoms with Crippen molar-refractivity contribution in [3.05, 3.63) is 65.1 Å². The first-order chi connectivity index (χ1) is 16.1. The molecule has 1 aromatic carbocycles. The number of imidazole rings is 1. The van der Waals surface area contributed by atoms with Crippen molar-refractivity contribution in [1.82, 2.24) is 40.0 Å². The predicted octanol–water partition coefficient (Wildman–Crippen LogP) is 3.96. The van der Waals surface area contributed by atoms with Gasteiger partial charge in [0.2, 0.25) is 11.9 Å². The van der Waals surface area contributed by atoms with Crippen LogP contribution in [0.5, 0.6) is 0 Å². The number of nitrogens with one attached hydrogen (secondary N) is 4. The van der Waals surface area contributed by atoms with Gasteiger partial charge in [0.05, 0.1) is 28.9 Å². The highest BCUT2D eigenvalue weighted by Gasteiger charge is 2.19. The molecule has 0 aliphatic carbocycles. The van der Waals surface area contributed by atoms with Gasteiger partial charge >= 0.3 is 0 Å². The summed E-state index contributed by atoms with van der Waals surface area (Å²) in [7, 11) is 0. The minimum atomic E-state index is -0.0855. The summed E-state index contributed by atoms with van der Waals surface area (Å²) in [5, 5.41) is 15.2. The van der Waals surface area contributed by atoms with Gasteiger partial charge in [0.25, 0.3) is 0 Å². The summed E-state index contributed by atoms with van der Waals surface area (Å²) in [5.74, 6) is 1.20. The number of fused-ring (bicyclic) bond motifs is 1. The largest absolute Gasteiger partial charge is 0.353 e. The van der Waals surface area contributed by atoms with Crippen LogP contribution in [0.2, 0.25) is 10.0 Å². The molecule has 3 aromatic heterocycles. The lowest BCUT2D eigenvalue weighted by Crippen LogP contribution is -2.33. The minimum absolute atomic E-state index is 0.0855. The van der Waals surface area contributed by atoms with Crippen molar-refractivity contribution in [3.8, 4) is 22.5 Å². The summed E-state index contributed by atoms with van der Waals surface area (Å²) in [6, 6.07) is 5.33. The molecule has 0 saturated heterocycles. The van der Waals surface area contributed by atoms with Gasteiger partial charge in [-0.2, -0.15) is 10.1 Å². The van der Waals surface area contributed by atoms with Crippen LogP contribution in [0, 0.1) is 0 Å². The number of halogens is 2. The van der Waals surface area contributed by atoms with Gasteiger partial charge in [-0.05, 0) is 31.2 Å². The highest BCUT2D eigenvalue weighted by Crippen LogP contribution is 2.35. The number of rotatable bonds is 7. The van der Waals surface area contributed by atoms with Crippen LogP contribution in [0.4, 0.5) is 11.9 Å². The Morgan fingerprint density at radius 3 is 2.85 bits per heavy atom. The third kappa shape index (κ3) is 4.54. The molecule has 1 atom stereocenters. The topological polar surface area (TPSA) is 121 Å². The number of hydrogen-bond acceptors (Lipinski definition) is 8. The van der Waals surface area contributed by atoms with Gasteiger partial charge in [0.15, 0.2) is 0 Å².